The molecule has 4 rings (SSSR count). The topological polar surface area (TPSA) is 12.5 Å². The number of hydrogen-bond acceptors (Lipinski definition) is 4. The van der Waals surface area contributed by atoms with Crippen LogP contribution in [0.2, 0.25) is 0 Å². The highest BCUT2D eigenvalue weighted by Gasteiger charge is 2.20. The summed E-state index contributed by atoms with van der Waals surface area (Å²) in [7, 11) is 0. The minimum Gasteiger partial charge on any atom is -0.492 e. The summed E-state index contributed by atoms with van der Waals surface area (Å²) < 4.78 is 6.08. The molecule has 1 aliphatic rings. The molecule has 0 radical (unpaired) electrons. The lowest BCUT2D eigenvalue weighted by Gasteiger charge is -2.21. The third-order valence-electron chi connectivity index (χ3n) is 5.87. The van der Waals surface area contributed by atoms with Crippen molar-refractivity contribution in [3.05, 3.63) is 82.0 Å². The maximum atomic E-state index is 6.08. The van der Waals surface area contributed by atoms with E-state index in [0.29, 0.717) is 0 Å². The first-order valence-corrected chi connectivity index (χ1v) is 13.1. The largest absolute Gasteiger partial charge is 0.492 e. The zero-order valence-electron chi connectivity index (χ0n) is 17.8. The van der Waals surface area contributed by atoms with Crippen molar-refractivity contribution in [2.24, 2.45) is 0 Å². The van der Waals surface area contributed by atoms with Crippen molar-refractivity contribution in [3.63, 3.8) is 0 Å². The molecule has 2 nitrogen and oxygen atoms in total. The van der Waals surface area contributed by atoms with Crippen molar-refractivity contribution >= 4 is 23.1 Å². The van der Waals surface area contributed by atoms with E-state index in [1.807, 2.05) is 23.1 Å². The third kappa shape index (κ3) is 5.48. The quantitative estimate of drug-likeness (QED) is 0.355. The molecule has 1 fully saturated rings. The Kier molecular flexibility index (Phi) is 7.90. The van der Waals surface area contributed by atoms with Gasteiger partial charge in [-0.3, -0.25) is 4.90 Å². The molecule has 30 heavy (non-hydrogen) atoms. The first-order valence-electron chi connectivity index (χ1n) is 11.0. The smallest absolute Gasteiger partial charge is 0.119 e. The van der Waals surface area contributed by atoms with Gasteiger partial charge in [0.15, 0.2) is 0 Å². The van der Waals surface area contributed by atoms with Gasteiger partial charge in [-0.25, -0.2) is 0 Å². The number of rotatable bonds is 8. The van der Waals surface area contributed by atoms with Crippen LogP contribution in [0.5, 0.6) is 5.75 Å². The van der Waals surface area contributed by atoms with Gasteiger partial charge in [-0.2, -0.15) is 0 Å². The molecule has 2 aromatic carbocycles. The molecule has 1 aliphatic heterocycles. The van der Waals surface area contributed by atoms with E-state index in [-0.39, 0.29) is 5.92 Å². The Bertz CT molecular complexity index is 884. The molecule has 0 amide bonds. The minimum absolute atomic E-state index is 0.264. The molecule has 0 aliphatic carbocycles. The van der Waals surface area contributed by atoms with Crippen LogP contribution in [0.4, 0.5) is 0 Å². The molecule has 1 atom stereocenters. The summed E-state index contributed by atoms with van der Waals surface area (Å²) in [6, 6.07) is 21.9. The monoisotopic (exact) mass is 437 g/mol. The SMILES string of the molecule is CSc1ccccc1[C@@H](c1ccc(OCCN2CCCCCC2)cc1)c1cccs1. The van der Waals surface area contributed by atoms with Crippen LogP contribution in [0.25, 0.3) is 0 Å². The zero-order chi connectivity index (χ0) is 20.6. The van der Waals surface area contributed by atoms with Gasteiger partial charge in [-0.1, -0.05) is 49.2 Å². The number of benzene rings is 2. The van der Waals surface area contributed by atoms with Crippen molar-refractivity contribution in [2.45, 2.75) is 36.5 Å². The maximum Gasteiger partial charge on any atom is 0.119 e. The Morgan fingerprint density at radius 3 is 2.40 bits per heavy atom. The second-order valence-electron chi connectivity index (χ2n) is 7.86. The van der Waals surface area contributed by atoms with Crippen LogP contribution < -0.4 is 4.74 Å². The van der Waals surface area contributed by atoms with Gasteiger partial charge in [0.1, 0.15) is 12.4 Å². The van der Waals surface area contributed by atoms with Crippen LogP contribution in [0.1, 0.15) is 47.6 Å². The number of hydrogen-bond donors (Lipinski definition) is 0. The Morgan fingerprint density at radius 1 is 0.933 bits per heavy atom. The van der Waals surface area contributed by atoms with E-state index in [1.54, 1.807) is 0 Å². The van der Waals surface area contributed by atoms with E-state index in [4.69, 9.17) is 4.74 Å². The van der Waals surface area contributed by atoms with Crippen LogP contribution in [0, 0.1) is 0 Å². The molecule has 158 valence electrons. The summed E-state index contributed by atoms with van der Waals surface area (Å²) in [4.78, 5) is 5.27. The van der Waals surface area contributed by atoms with Crippen molar-refractivity contribution in [1.82, 2.24) is 4.90 Å². The summed E-state index contributed by atoms with van der Waals surface area (Å²) in [5.74, 6) is 1.23. The predicted molar refractivity (Wildman–Crippen MR) is 130 cm³/mol. The van der Waals surface area contributed by atoms with Crippen LogP contribution in [0.3, 0.4) is 0 Å². The normalized spacial score (nSPS) is 16.2. The van der Waals surface area contributed by atoms with Gasteiger partial charge in [-0.15, -0.1) is 23.1 Å². The van der Waals surface area contributed by atoms with Crippen molar-refractivity contribution < 1.29 is 4.74 Å². The van der Waals surface area contributed by atoms with E-state index in [9.17, 15) is 0 Å². The van der Waals surface area contributed by atoms with E-state index in [0.717, 1.165) is 18.9 Å². The van der Waals surface area contributed by atoms with Crippen LogP contribution in [-0.4, -0.2) is 37.4 Å². The minimum atomic E-state index is 0.264. The van der Waals surface area contributed by atoms with Crippen LogP contribution in [0.15, 0.2) is 70.9 Å². The van der Waals surface area contributed by atoms with E-state index < -0.39 is 0 Å². The fourth-order valence-electron chi connectivity index (χ4n) is 4.27. The number of likely N-dealkylation sites (tertiary alicyclic amines) is 1. The van der Waals surface area contributed by atoms with Gasteiger partial charge in [0.05, 0.1) is 0 Å². The number of nitrogens with zero attached hydrogens (tertiary/aromatic N) is 1. The fraction of sp³-hybridized carbons (Fsp3) is 0.385. The van der Waals surface area contributed by atoms with Crippen molar-refractivity contribution in [2.75, 3.05) is 32.5 Å². The van der Waals surface area contributed by atoms with Gasteiger partial charge >= 0.3 is 0 Å². The summed E-state index contributed by atoms with van der Waals surface area (Å²) in [6.45, 7) is 4.24. The third-order valence-corrected chi connectivity index (χ3v) is 7.61. The van der Waals surface area contributed by atoms with Crippen molar-refractivity contribution in [3.8, 4) is 5.75 Å². The molecular formula is C26H31NOS2. The van der Waals surface area contributed by atoms with Gasteiger partial charge in [-0.05, 0) is 73.0 Å². The molecule has 3 aromatic rings. The predicted octanol–water partition coefficient (Wildman–Crippen LogP) is 6.91. The van der Waals surface area contributed by atoms with Gasteiger partial charge < -0.3 is 4.74 Å². The summed E-state index contributed by atoms with van der Waals surface area (Å²) in [6.07, 6.45) is 7.58. The van der Waals surface area contributed by atoms with Gasteiger partial charge in [0.2, 0.25) is 0 Å². The second kappa shape index (κ2) is 11.0. The first kappa shape index (κ1) is 21.5. The lowest BCUT2D eigenvalue weighted by atomic mass is 9.90. The van der Waals surface area contributed by atoms with Gasteiger partial charge in [0.25, 0.3) is 0 Å². The first-order chi connectivity index (χ1) is 14.8. The highest BCUT2D eigenvalue weighted by molar-refractivity contribution is 7.98. The van der Waals surface area contributed by atoms with E-state index in [1.165, 1.54) is 59.7 Å². The fourth-order valence-corrected chi connectivity index (χ4v) is 5.77. The van der Waals surface area contributed by atoms with E-state index in [2.05, 4.69) is 77.2 Å². The molecule has 0 saturated carbocycles. The lowest BCUT2D eigenvalue weighted by molar-refractivity contribution is 0.214. The molecule has 1 aromatic heterocycles. The molecule has 2 heterocycles. The summed E-state index contributed by atoms with van der Waals surface area (Å²) >= 11 is 3.65. The standard InChI is InChI=1S/C26H31NOS2/c1-29-24-10-5-4-9-23(24)26(25-11-8-20-30-25)21-12-14-22(15-13-21)28-19-18-27-16-6-2-3-7-17-27/h4-5,8-15,20,26H,2-3,6-7,16-19H2,1H3/t26-/m1/s1. The highest BCUT2D eigenvalue weighted by atomic mass is 32.2. The van der Waals surface area contributed by atoms with Crippen LogP contribution in [-0.2, 0) is 0 Å². The van der Waals surface area contributed by atoms with Crippen molar-refractivity contribution in [1.29, 1.82) is 0 Å². The zero-order valence-corrected chi connectivity index (χ0v) is 19.4. The Morgan fingerprint density at radius 2 is 1.70 bits per heavy atom. The van der Waals surface area contributed by atoms with Crippen LogP contribution >= 0.6 is 23.1 Å². The number of thiophene rings is 1. The average molecular weight is 438 g/mol. The van der Waals surface area contributed by atoms with E-state index >= 15 is 0 Å². The Labute approximate surface area is 189 Å². The molecule has 0 bridgehead atoms. The lowest BCUT2D eigenvalue weighted by Crippen LogP contribution is -2.29. The molecule has 0 unspecified atom stereocenters. The summed E-state index contributed by atoms with van der Waals surface area (Å²) in [5, 5.41) is 2.17. The molecule has 0 spiro atoms. The molecule has 4 heteroatoms. The molecular weight excluding hydrogens is 406 g/mol. The average Bonchev–Trinajstić information content (AvgIpc) is 3.19. The Balaban J connectivity index is 1.46. The summed E-state index contributed by atoms with van der Waals surface area (Å²) in [5.41, 5.74) is 2.70. The maximum absolute atomic E-state index is 6.08. The Hall–Kier alpha value is -1.75. The second-order valence-corrected chi connectivity index (χ2v) is 9.69. The molecule has 0 N–H and O–H groups in total. The number of thioether (sulfide) groups is 1. The molecule has 1 saturated heterocycles. The number of ether oxygens (including phenoxy) is 1. The highest BCUT2D eigenvalue weighted by Crippen LogP contribution is 2.39. The van der Waals surface area contributed by atoms with Gasteiger partial charge in [0, 0.05) is 22.2 Å².